The molecule has 0 aliphatic heterocycles. The third kappa shape index (κ3) is 2.02. The lowest BCUT2D eigenvalue weighted by molar-refractivity contribution is 0.0838. The highest BCUT2D eigenvalue weighted by atomic mass is 16.3. The third-order valence-corrected chi connectivity index (χ3v) is 3.00. The summed E-state index contributed by atoms with van der Waals surface area (Å²) in [5.41, 5.74) is 0.101. The maximum atomic E-state index is 11.7. The van der Waals surface area contributed by atoms with E-state index in [0.717, 1.165) is 25.7 Å². The van der Waals surface area contributed by atoms with Gasteiger partial charge in [-0.25, -0.2) is 0 Å². The van der Waals surface area contributed by atoms with Crippen LogP contribution < -0.4 is 5.32 Å². The summed E-state index contributed by atoms with van der Waals surface area (Å²) in [5, 5.41) is 18.5. The molecule has 0 spiro atoms. The molecule has 1 amide bonds. The highest BCUT2D eigenvalue weighted by molar-refractivity contribution is 5.94. The van der Waals surface area contributed by atoms with Crippen molar-refractivity contribution >= 4 is 5.91 Å². The lowest BCUT2D eigenvalue weighted by Crippen LogP contribution is -2.49. The molecular weight excluding hydrogens is 194 g/mol. The van der Waals surface area contributed by atoms with E-state index in [1.165, 1.54) is 6.20 Å². The fourth-order valence-corrected chi connectivity index (χ4v) is 2.06. The first-order valence-corrected chi connectivity index (χ1v) is 5.18. The average molecular weight is 209 g/mol. The molecule has 0 saturated heterocycles. The Kier molecular flexibility index (Phi) is 2.73. The molecule has 1 aromatic heterocycles. The minimum atomic E-state index is -0.408. The molecule has 1 saturated carbocycles. The Morgan fingerprint density at radius 2 is 2.33 bits per heavy atom. The van der Waals surface area contributed by atoms with Gasteiger partial charge in [0.25, 0.3) is 5.91 Å². The number of rotatable bonds is 3. The van der Waals surface area contributed by atoms with Crippen LogP contribution in [0.5, 0.6) is 0 Å². The first-order chi connectivity index (χ1) is 7.26. The Bertz CT molecular complexity index is 328. The molecule has 5 nitrogen and oxygen atoms in total. The molecule has 1 aromatic rings. The van der Waals surface area contributed by atoms with Crippen LogP contribution in [0, 0.1) is 0 Å². The molecule has 82 valence electrons. The van der Waals surface area contributed by atoms with E-state index >= 15 is 0 Å². The zero-order chi connectivity index (χ0) is 10.7. The minimum Gasteiger partial charge on any atom is -0.394 e. The van der Waals surface area contributed by atoms with Gasteiger partial charge in [0.15, 0.2) is 0 Å². The van der Waals surface area contributed by atoms with Crippen LogP contribution in [0.15, 0.2) is 12.4 Å². The number of hydrogen-bond donors (Lipinski definition) is 3. The monoisotopic (exact) mass is 209 g/mol. The van der Waals surface area contributed by atoms with Crippen molar-refractivity contribution in [1.29, 1.82) is 0 Å². The van der Waals surface area contributed by atoms with Crippen molar-refractivity contribution in [3.05, 3.63) is 18.0 Å². The van der Waals surface area contributed by atoms with Crippen LogP contribution >= 0.6 is 0 Å². The summed E-state index contributed by atoms with van der Waals surface area (Å²) in [6.07, 6.45) is 6.86. The smallest absolute Gasteiger partial charge is 0.254 e. The Hall–Kier alpha value is -1.36. The van der Waals surface area contributed by atoms with Gasteiger partial charge in [-0.3, -0.25) is 9.89 Å². The van der Waals surface area contributed by atoms with Crippen LogP contribution in [-0.4, -0.2) is 33.4 Å². The summed E-state index contributed by atoms with van der Waals surface area (Å²) in [7, 11) is 0. The summed E-state index contributed by atoms with van der Waals surface area (Å²) in [6.45, 7) is 0.0105. The van der Waals surface area contributed by atoms with Gasteiger partial charge in [-0.05, 0) is 12.8 Å². The van der Waals surface area contributed by atoms with E-state index in [4.69, 9.17) is 0 Å². The van der Waals surface area contributed by atoms with Gasteiger partial charge in [0.05, 0.1) is 23.9 Å². The quantitative estimate of drug-likeness (QED) is 0.676. The van der Waals surface area contributed by atoms with Gasteiger partial charge in [0.1, 0.15) is 0 Å². The highest BCUT2D eigenvalue weighted by Gasteiger charge is 2.34. The standard InChI is InChI=1S/C10H15N3O2/c14-7-10(3-1-2-4-10)13-9(15)8-5-11-12-6-8/h5-6,14H,1-4,7H2,(H,11,12)(H,13,15). The van der Waals surface area contributed by atoms with Gasteiger partial charge in [0.2, 0.25) is 0 Å². The molecule has 0 aromatic carbocycles. The summed E-state index contributed by atoms with van der Waals surface area (Å²) in [4.78, 5) is 11.7. The second kappa shape index (κ2) is 4.02. The number of aromatic nitrogens is 2. The fourth-order valence-electron chi connectivity index (χ4n) is 2.06. The summed E-state index contributed by atoms with van der Waals surface area (Å²) >= 11 is 0. The van der Waals surface area contributed by atoms with E-state index in [-0.39, 0.29) is 12.5 Å². The lowest BCUT2D eigenvalue weighted by Gasteiger charge is -2.27. The number of carbonyl (C=O) groups excluding carboxylic acids is 1. The number of hydrogen-bond acceptors (Lipinski definition) is 3. The summed E-state index contributed by atoms with van der Waals surface area (Å²) < 4.78 is 0. The number of H-pyrrole nitrogens is 1. The maximum absolute atomic E-state index is 11.7. The Morgan fingerprint density at radius 1 is 1.60 bits per heavy atom. The minimum absolute atomic E-state index is 0.0105. The fraction of sp³-hybridized carbons (Fsp3) is 0.600. The number of aromatic amines is 1. The van der Waals surface area contributed by atoms with Gasteiger partial charge >= 0.3 is 0 Å². The van der Waals surface area contributed by atoms with Gasteiger partial charge in [-0.1, -0.05) is 12.8 Å². The van der Waals surface area contributed by atoms with Gasteiger partial charge in [0, 0.05) is 6.20 Å². The van der Waals surface area contributed by atoms with Crippen molar-refractivity contribution < 1.29 is 9.90 Å². The molecule has 0 bridgehead atoms. The largest absolute Gasteiger partial charge is 0.394 e. The van der Waals surface area contributed by atoms with Crippen molar-refractivity contribution in [3.8, 4) is 0 Å². The number of aliphatic hydroxyl groups excluding tert-OH is 1. The molecule has 0 atom stereocenters. The van der Waals surface area contributed by atoms with Crippen LogP contribution in [0.3, 0.4) is 0 Å². The van der Waals surface area contributed by atoms with E-state index < -0.39 is 5.54 Å². The first kappa shape index (κ1) is 10.2. The zero-order valence-electron chi connectivity index (χ0n) is 8.49. The van der Waals surface area contributed by atoms with Gasteiger partial charge in [-0.15, -0.1) is 0 Å². The van der Waals surface area contributed by atoms with Gasteiger partial charge < -0.3 is 10.4 Å². The molecule has 15 heavy (non-hydrogen) atoms. The zero-order valence-corrected chi connectivity index (χ0v) is 8.49. The third-order valence-electron chi connectivity index (χ3n) is 3.00. The van der Waals surface area contributed by atoms with Crippen LogP contribution in [-0.2, 0) is 0 Å². The second-order valence-electron chi connectivity index (χ2n) is 4.09. The predicted octanol–water partition coefficient (Wildman–Crippen LogP) is 0.445. The normalized spacial score (nSPS) is 19.0. The number of nitrogens with one attached hydrogen (secondary N) is 2. The molecule has 1 aliphatic rings. The number of carbonyl (C=O) groups is 1. The van der Waals surface area contributed by atoms with Crippen LogP contribution in [0.25, 0.3) is 0 Å². The number of aliphatic hydroxyl groups is 1. The molecule has 1 fully saturated rings. The second-order valence-corrected chi connectivity index (χ2v) is 4.09. The van der Waals surface area contributed by atoms with Crippen molar-refractivity contribution in [3.63, 3.8) is 0 Å². The van der Waals surface area contributed by atoms with Crippen molar-refractivity contribution in [2.45, 2.75) is 31.2 Å². The topological polar surface area (TPSA) is 78.0 Å². The SMILES string of the molecule is O=C(NC1(CO)CCCC1)c1cn[nH]c1. The lowest BCUT2D eigenvalue weighted by atomic mass is 9.98. The van der Waals surface area contributed by atoms with Crippen LogP contribution in [0.4, 0.5) is 0 Å². The van der Waals surface area contributed by atoms with E-state index in [1.807, 2.05) is 0 Å². The molecule has 5 heteroatoms. The van der Waals surface area contributed by atoms with Crippen molar-refractivity contribution in [2.75, 3.05) is 6.61 Å². The summed E-state index contributed by atoms with van der Waals surface area (Å²) in [5.74, 6) is -0.167. The van der Waals surface area contributed by atoms with Crippen LogP contribution in [0.1, 0.15) is 36.0 Å². The van der Waals surface area contributed by atoms with Gasteiger partial charge in [-0.2, -0.15) is 5.10 Å². The number of nitrogens with zero attached hydrogens (tertiary/aromatic N) is 1. The highest BCUT2D eigenvalue weighted by Crippen LogP contribution is 2.29. The van der Waals surface area contributed by atoms with E-state index in [9.17, 15) is 9.90 Å². The molecule has 0 radical (unpaired) electrons. The van der Waals surface area contributed by atoms with Crippen LogP contribution in [0.2, 0.25) is 0 Å². The van der Waals surface area contributed by atoms with Crippen molar-refractivity contribution in [2.24, 2.45) is 0 Å². The average Bonchev–Trinajstić information content (AvgIpc) is 2.88. The van der Waals surface area contributed by atoms with E-state index in [1.54, 1.807) is 6.20 Å². The molecular formula is C10H15N3O2. The first-order valence-electron chi connectivity index (χ1n) is 5.18. The summed E-state index contributed by atoms with van der Waals surface area (Å²) in [6, 6.07) is 0. The molecule has 3 N–H and O–H groups in total. The maximum Gasteiger partial charge on any atom is 0.254 e. The van der Waals surface area contributed by atoms with Crippen molar-refractivity contribution in [1.82, 2.24) is 15.5 Å². The molecule has 0 unspecified atom stereocenters. The number of amides is 1. The Labute approximate surface area is 87.9 Å². The Morgan fingerprint density at radius 3 is 2.87 bits per heavy atom. The van der Waals surface area contributed by atoms with E-state index in [0.29, 0.717) is 5.56 Å². The molecule has 2 rings (SSSR count). The Balaban J connectivity index is 2.04. The molecule has 1 heterocycles. The predicted molar refractivity (Wildman–Crippen MR) is 54.3 cm³/mol. The molecule has 1 aliphatic carbocycles. The van der Waals surface area contributed by atoms with E-state index in [2.05, 4.69) is 15.5 Å².